The summed E-state index contributed by atoms with van der Waals surface area (Å²) in [5.74, 6) is 0.389. The summed E-state index contributed by atoms with van der Waals surface area (Å²) in [4.78, 5) is 8.33. The van der Waals surface area contributed by atoms with E-state index in [1.807, 2.05) is 13.8 Å². The standard InChI is InChI=1S/C15H18F2N4/c1-3-18-14-10(2)15(21-9-20-14)19-5-4-11-6-12(16)8-13(17)7-11/h6-9H,3-5H2,1-2H3,(H2,18,19,20,21). The first-order valence-electron chi connectivity index (χ1n) is 6.84. The van der Waals surface area contributed by atoms with Crippen molar-refractivity contribution in [1.29, 1.82) is 0 Å². The number of nitrogens with one attached hydrogen (secondary N) is 2. The molecule has 112 valence electrons. The van der Waals surface area contributed by atoms with Gasteiger partial charge in [0, 0.05) is 24.7 Å². The predicted octanol–water partition coefficient (Wildman–Crippen LogP) is 3.15. The molecule has 2 N–H and O–H groups in total. The molecule has 4 nitrogen and oxygen atoms in total. The topological polar surface area (TPSA) is 49.8 Å². The smallest absolute Gasteiger partial charge is 0.134 e. The second kappa shape index (κ2) is 6.97. The van der Waals surface area contributed by atoms with Gasteiger partial charge in [-0.1, -0.05) is 0 Å². The van der Waals surface area contributed by atoms with Crippen molar-refractivity contribution in [3.8, 4) is 0 Å². The van der Waals surface area contributed by atoms with Crippen LogP contribution in [0.5, 0.6) is 0 Å². The van der Waals surface area contributed by atoms with E-state index in [1.165, 1.54) is 18.5 Å². The van der Waals surface area contributed by atoms with Crippen molar-refractivity contribution >= 4 is 11.6 Å². The number of hydrogen-bond donors (Lipinski definition) is 2. The fourth-order valence-corrected chi connectivity index (χ4v) is 2.05. The highest BCUT2D eigenvalue weighted by Crippen LogP contribution is 2.18. The maximum atomic E-state index is 13.1. The molecular formula is C15H18F2N4. The zero-order chi connectivity index (χ0) is 15.2. The highest BCUT2D eigenvalue weighted by molar-refractivity contribution is 5.56. The minimum absolute atomic E-state index is 0.509. The zero-order valence-corrected chi connectivity index (χ0v) is 12.1. The van der Waals surface area contributed by atoms with Crippen LogP contribution in [-0.4, -0.2) is 23.1 Å². The van der Waals surface area contributed by atoms with Gasteiger partial charge in [0.05, 0.1) is 0 Å². The lowest BCUT2D eigenvalue weighted by Gasteiger charge is -2.12. The lowest BCUT2D eigenvalue weighted by Crippen LogP contribution is -2.10. The Morgan fingerprint density at radius 2 is 1.62 bits per heavy atom. The Morgan fingerprint density at radius 3 is 2.24 bits per heavy atom. The summed E-state index contributed by atoms with van der Waals surface area (Å²) in [7, 11) is 0. The molecule has 2 rings (SSSR count). The van der Waals surface area contributed by atoms with Gasteiger partial charge < -0.3 is 10.6 Å². The normalized spacial score (nSPS) is 10.5. The number of anilines is 2. The van der Waals surface area contributed by atoms with E-state index >= 15 is 0 Å². The van der Waals surface area contributed by atoms with Gasteiger partial charge in [-0.2, -0.15) is 0 Å². The summed E-state index contributed by atoms with van der Waals surface area (Å²) in [5, 5.41) is 6.31. The van der Waals surface area contributed by atoms with Crippen LogP contribution in [-0.2, 0) is 6.42 Å². The monoisotopic (exact) mass is 292 g/mol. The molecule has 0 bridgehead atoms. The fourth-order valence-electron chi connectivity index (χ4n) is 2.05. The minimum atomic E-state index is -0.558. The van der Waals surface area contributed by atoms with Crippen molar-refractivity contribution in [2.45, 2.75) is 20.3 Å². The number of halogens is 2. The third kappa shape index (κ3) is 4.11. The highest BCUT2D eigenvalue weighted by Gasteiger charge is 2.06. The van der Waals surface area contributed by atoms with Gasteiger partial charge in [0.2, 0.25) is 0 Å². The van der Waals surface area contributed by atoms with Gasteiger partial charge in [0.15, 0.2) is 0 Å². The van der Waals surface area contributed by atoms with Crippen LogP contribution in [0.25, 0.3) is 0 Å². The molecule has 0 atom stereocenters. The Balaban J connectivity index is 1.98. The molecule has 0 aliphatic heterocycles. The average Bonchev–Trinajstić information content (AvgIpc) is 2.42. The van der Waals surface area contributed by atoms with Crippen LogP contribution in [0.15, 0.2) is 24.5 Å². The number of benzene rings is 1. The maximum Gasteiger partial charge on any atom is 0.134 e. The van der Waals surface area contributed by atoms with E-state index in [9.17, 15) is 8.78 Å². The summed E-state index contributed by atoms with van der Waals surface area (Å²) < 4.78 is 26.2. The van der Waals surface area contributed by atoms with Crippen LogP contribution in [0.4, 0.5) is 20.4 Å². The Hall–Kier alpha value is -2.24. The zero-order valence-electron chi connectivity index (χ0n) is 12.1. The average molecular weight is 292 g/mol. The summed E-state index contributed by atoms with van der Waals surface area (Å²) in [6.45, 7) is 5.22. The van der Waals surface area contributed by atoms with Crippen LogP contribution in [0.2, 0.25) is 0 Å². The summed E-state index contributed by atoms with van der Waals surface area (Å²) in [5.41, 5.74) is 1.53. The number of nitrogens with zero attached hydrogens (tertiary/aromatic N) is 2. The number of aromatic nitrogens is 2. The molecule has 0 aliphatic rings. The van der Waals surface area contributed by atoms with Crippen LogP contribution in [0.3, 0.4) is 0 Å². The molecule has 0 saturated carbocycles. The van der Waals surface area contributed by atoms with Gasteiger partial charge in [-0.15, -0.1) is 0 Å². The van der Waals surface area contributed by atoms with E-state index in [1.54, 1.807) is 0 Å². The van der Waals surface area contributed by atoms with Crippen molar-refractivity contribution in [2.24, 2.45) is 0 Å². The molecule has 0 radical (unpaired) electrons. The number of hydrogen-bond acceptors (Lipinski definition) is 4. The third-order valence-electron chi connectivity index (χ3n) is 3.06. The molecule has 1 aromatic carbocycles. The largest absolute Gasteiger partial charge is 0.370 e. The third-order valence-corrected chi connectivity index (χ3v) is 3.06. The Kier molecular flexibility index (Phi) is 5.03. The van der Waals surface area contributed by atoms with Gasteiger partial charge in [0.25, 0.3) is 0 Å². The Morgan fingerprint density at radius 1 is 1.00 bits per heavy atom. The van der Waals surface area contributed by atoms with Crippen molar-refractivity contribution < 1.29 is 8.78 Å². The molecule has 0 aliphatic carbocycles. The lowest BCUT2D eigenvalue weighted by molar-refractivity contribution is 0.580. The van der Waals surface area contributed by atoms with E-state index < -0.39 is 11.6 Å². The first-order chi connectivity index (χ1) is 10.1. The van der Waals surface area contributed by atoms with Crippen molar-refractivity contribution in [1.82, 2.24) is 9.97 Å². The van der Waals surface area contributed by atoms with Gasteiger partial charge >= 0.3 is 0 Å². The Bertz CT molecular complexity index is 596. The molecule has 0 spiro atoms. The summed E-state index contributed by atoms with van der Waals surface area (Å²) in [6, 6.07) is 3.54. The molecule has 0 unspecified atom stereocenters. The maximum absolute atomic E-state index is 13.1. The molecule has 0 fully saturated rings. The quantitative estimate of drug-likeness (QED) is 0.858. The molecule has 21 heavy (non-hydrogen) atoms. The first-order valence-corrected chi connectivity index (χ1v) is 6.84. The highest BCUT2D eigenvalue weighted by atomic mass is 19.1. The molecule has 1 heterocycles. The Labute approximate surface area is 122 Å². The predicted molar refractivity (Wildman–Crippen MR) is 79.5 cm³/mol. The van der Waals surface area contributed by atoms with Crippen molar-refractivity contribution in [3.05, 3.63) is 47.3 Å². The van der Waals surface area contributed by atoms with Gasteiger partial charge in [-0.25, -0.2) is 18.7 Å². The van der Waals surface area contributed by atoms with E-state index in [2.05, 4.69) is 20.6 Å². The molecule has 0 saturated heterocycles. The molecule has 2 aromatic rings. The van der Waals surface area contributed by atoms with E-state index in [0.29, 0.717) is 18.5 Å². The van der Waals surface area contributed by atoms with Crippen LogP contribution in [0, 0.1) is 18.6 Å². The molecule has 1 aromatic heterocycles. The van der Waals surface area contributed by atoms with Gasteiger partial charge in [-0.3, -0.25) is 0 Å². The second-order valence-electron chi connectivity index (χ2n) is 4.68. The van der Waals surface area contributed by atoms with Gasteiger partial charge in [-0.05, 0) is 38.0 Å². The molecular weight excluding hydrogens is 274 g/mol. The van der Waals surface area contributed by atoms with E-state index in [4.69, 9.17) is 0 Å². The minimum Gasteiger partial charge on any atom is -0.370 e. The molecule has 0 amide bonds. The molecule has 6 heteroatoms. The van der Waals surface area contributed by atoms with Crippen molar-refractivity contribution in [3.63, 3.8) is 0 Å². The van der Waals surface area contributed by atoms with Crippen LogP contribution < -0.4 is 10.6 Å². The van der Waals surface area contributed by atoms with Crippen LogP contribution in [0.1, 0.15) is 18.1 Å². The van der Waals surface area contributed by atoms with E-state index in [-0.39, 0.29) is 0 Å². The first kappa shape index (κ1) is 15.2. The van der Waals surface area contributed by atoms with Crippen LogP contribution >= 0.6 is 0 Å². The van der Waals surface area contributed by atoms with Crippen molar-refractivity contribution in [2.75, 3.05) is 23.7 Å². The fraction of sp³-hybridized carbons (Fsp3) is 0.333. The second-order valence-corrected chi connectivity index (χ2v) is 4.68. The summed E-state index contributed by atoms with van der Waals surface area (Å²) in [6.07, 6.45) is 1.99. The van der Waals surface area contributed by atoms with Gasteiger partial charge in [0.1, 0.15) is 29.6 Å². The summed E-state index contributed by atoms with van der Waals surface area (Å²) >= 11 is 0. The lowest BCUT2D eigenvalue weighted by atomic mass is 10.1. The number of rotatable bonds is 6. The van der Waals surface area contributed by atoms with E-state index in [0.717, 1.165) is 29.8 Å². The SMILES string of the molecule is CCNc1ncnc(NCCc2cc(F)cc(F)c2)c1C.